The highest BCUT2D eigenvalue weighted by atomic mass is 32.2. The van der Waals surface area contributed by atoms with Gasteiger partial charge in [-0.3, -0.25) is 9.59 Å². The summed E-state index contributed by atoms with van der Waals surface area (Å²) in [6, 6.07) is 16.8. The van der Waals surface area contributed by atoms with Crippen LogP contribution in [0.25, 0.3) is 0 Å². The number of benzene rings is 2. The zero-order valence-electron chi connectivity index (χ0n) is 14.9. The molecule has 1 saturated heterocycles. The fourth-order valence-corrected chi connectivity index (χ4v) is 4.86. The van der Waals surface area contributed by atoms with E-state index >= 15 is 0 Å². The Morgan fingerprint density at radius 3 is 2.07 bits per heavy atom. The van der Waals surface area contributed by atoms with Gasteiger partial charge in [-0.2, -0.15) is 0 Å². The van der Waals surface area contributed by atoms with Gasteiger partial charge in [-0.05, 0) is 30.5 Å². The highest BCUT2D eigenvalue weighted by Gasteiger charge is 2.31. The minimum Gasteiger partial charge on any atom is -0.346 e. The number of hydrogen-bond donors (Lipinski definition) is 1. The van der Waals surface area contributed by atoms with Crippen LogP contribution in [-0.4, -0.2) is 44.8 Å². The second-order valence-corrected chi connectivity index (χ2v) is 8.60. The van der Waals surface area contributed by atoms with Gasteiger partial charge in [-0.25, -0.2) is 8.42 Å². The molecule has 2 aromatic rings. The summed E-state index contributed by atoms with van der Waals surface area (Å²) < 4.78 is 26.2. The minimum atomic E-state index is -3.73. The van der Waals surface area contributed by atoms with E-state index < -0.39 is 26.9 Å². The largest absolute Gasteiger partial charge is 0.346 e. The average Bonchev–Trinajstić information content (AvgIpc) is 3.23. The van der Waals surface area contributed by atoms with Gasteiger partial charge in [0.25, 0.3) is 0 Å². The molecule has 1 aliphatic heterocycles. The van der Waals surface area contributed by atoms with Gasteiger partial charge in [0, 0.05) is 19.6 Å². The number of nitrogens with one attached hydrogen (secondary N) is 1. The predicted molar refractivity (Wildman–Crippen MR) is 102 cm³/mol. The molecule has 7 heteroatoms. The summed E-state index contributed by atoms with van der Waals surface area (Å²) in [5.74, 6) is -1.36. The summed E-state index contributed by atoms with van der Waals surface area (Å²) in [5.41, 5.74) is 0.565. The zero-order chi connectivity index (χ0) is 19.3. The van der Waals surface area contributed by atoms with E-state index in [1.165, 1.54) is 17.0 Å². The molecule has 6 nitrogen and oxygen atoms in total. The molecule has 27 heavy (non-hydrogen) atoms. The predicted octanol–water partition coefficient (Wildman–Crippen LogP) is 1.94. The van der Waals surface area contributed by atoms with Crippen molar-refractivity contribution in [1.82, 2.24) is 10.2 Å². The normalized spacial score (nSPS) is 15.3. The van der Waals surface area contributed by atoms with Crippen molar-refractivity contribution in [3.8, 4) is 0 Å². The number of hydrogen-bond acceptors (Lipinski definition) is 4. The lowest BCUT2D eigenvalue weighted by Gasteiger charge is -2.20. The molecule has 2 amide bonds. The summed E-state index contributed by atoms with van der Waals surface area (Å²) in [6.45, 7) is 0.965. The van der Waals surface area contributed by atoms with Crippen LogP contribution >= 0.6 is 0 Å². The molecule has 0 saturated carbocycles. The quantitative estimate of drug-likeness (QED) is 0.796. The lowest BCUT2D eigenvalue weighted by atomic mass is 10.1. The number of rotatable bonds is 5. The van der Waals surface area contributed by atoms with Crippen molar-refractivity contribution < 1.29 is 18.0 Å². The Morgan fingerprint density at radius 1 is 0.926 bits per heavy atom. The highest BCUT2D eigenvalue weighted by Crippen LogP contribution is 2.28. The lowest BCUT2D eigenvalue weighted by Crippen LogP contribution is -2.43. The van der Waals surface area contributed by atoms with Crippen molar-refractivity contribution in [2.45, 2.75) is 23.0 Å². The third-order valence-electron chi connectivity index (χ3n) is 4.65. The third-order valence-corrected chi connectivity index (χ3v) is 6.77. The molecule has 0 radical (unpaired) electrons. The minimum absolute atomic E-state index is 0.167. The molecule has 1 N–H and O–H groups in total. The average molecular weight is 386 g/mol. The first kappa shape index (κ1) is 19.1. The Kier molecular flexibility index (Phi) is 5.91. The summed E-state index contributed by atoms with van der Waals surface area (Å²) in [6.07, 6.45) is 1.77. The number of sulfone groups is 1. The van der Waals surface area contributed by atoms with Gasteiger partial charge in [-0.1, -0.05) is 48.5 Å². The van der Waals surface area contributed by atoms with E-state index in [9.17, 15) is 18.0 Å². The second kappa shape index (κ2) is 8.35. The summed E-state index contributed by atoms with van der Waals surface area (Å²) in [7, 11) is -3.73. The molecule has 0 aromatic heterocycles. The standard InChI is InChI=1S/C20H22N2O4S/c23-19(20(24)22-13-7-8-14-22)21-15-18(16-9-3-1-4-10-16)27(25,26)17-11-5-2-6-12-17/h1-6,9-12,18H,7-8,13-15H2,(H,21,23)/t18-/m0/s1. The van der Waals surface area contributed by atoms with Crippen LogP contribution in [0.5, 0.6) is 0 Å². The van der Waals surface area contributed by atoms with Crippen LogP contribution in [0.4, 0.5) is 0 Å². The van der Waals surface area contributed by atoms with Crippen molar-refractivity contribution in [2.24, 2.45) is 0 Å². The maximum Gasteiger partial charge on any atom is 0.311 e. The van der Waals surface area contributed by atoms with Crippen LogP contribution in [-0.2, 0) is 19.4 Å². The Bertz CT molecular complexity index is 892. The Hall–Kier alpha value is -2.67. The summed E-state index contributed by atoms with van der Waals surface area (Å²) in [4.78, 5) is 26.1. The van der Waals surface area contributed by atoms with Crippen LogP contribution < -0.4 is 5.32 Å². The van der Waals surface area contributed by atoms with Gasteiger partial charge >= 0.3 is 11.8 Å². The molecular formula is C20H22N2O4S. The van der Waals surface area contributed by atoms with Gasteiger partial charge in [-0.15, -0.1) is 0 Å². The van der Waals surface area contributed by atoms with Gasteiger partial charge < -0.3 is 10.2 Å². The molecule has 3 rings (SSSR count). The number of carbonyl (C=O) groups is 2. The van der Waals surface area contributed by atoms with Gasteiger partial charge in [0.05, 0.1) is 4.90 Å². The zero-order valence-corrected chi connectivity index (χ0v) is 15.7. The molecule has 2 aromatic carbocycles. The molecular weight excluding hydrogens is 364 g/mol. The van der Waals surface area contributed by atoms with E-state index in [1.54, 1.807) is 48.5 Å². The first-order valence-electron chi connectivity index (χ1n) is 8.91. The van der Waals surface area contributed by atoms with E-state index in [4.69, 9.17) is 0 Å². The number of carbonyl (C=O) groups excluding carboxylic acids is 2. The van der Waals surface area contributed by atoms with E-state index in [2.05, 4.69) is 5.32 Å². The maximum absolute atomic E-state index is 13.1. The van der Waals surface area contributed by atoms with E-state index in [-0.39, 0.29) is 11.4 Å². The van der Waals surface area contributed by atoms with Crippen molar-refractivity contribution in [2.75, 3.05) is 19.6 Å². The topological polar surface area (TPSA) is 83.5 Å². The van der Waals surface area contributed by atoms with Crippen LogP contribution in [0.1, 0.15) is 23.7 Å². The summed E-state index contributed by atoms with van der Waals surface area (Å²) >= 11 is 0. The lowest BCUT2D eigenvalue weighted by molar-refractivity contribution is -0.145. The van der Waals surface area contributed by atoms with E-state index in [1.807, 2.05) is 0 Å². The first-order chi connectivity index (χ1) is 13.0. The SMILES string of the molecule is O=C(NC[C@@H](c1ccccc1)S(=O)(=O)c1ccccc1)C(=O)N1CCCC1. The van der Waals surface area contributed by atoms with Crippen LogP contribution in [0.3, 0.4) is 0 Å². The molecule has 1 atom stereocenters. The smallest absolute Gasteiger partial charge is 0.311 e. The van der Waals surface area contributed by atoms with Crippen molar-refractivity contribution in [3.63, 3.8) is 0 Å². The molecule has 0 spiro atoms. The molecule has 0 aliphatic carbocycles. The fraction of sp³-hybridized carbons (Fsp3) is 0.300. The summed E-state index contributed by atoms with van der Waals surface area (Å²) in [5, 5.41) is 1.55. The molecule has 0 unspecified atom stereocenters. The van der Waals surface area contributed by atoms with Crippen molar-refractivity contribution in [1.29, 1.82) is 0 Å². The van der Waals surface area contributed by atoms with Crippen molar-refractivity contribution in [3.05, 3.63) is 66.2 Å². The Morgan fingerprint density at radius 2 is 1.48 bits per heavy atom. The number of likely N-dealkylation sites (tertiary alicyclic amines) is 1. The van der Waals surface area contributed by atoms with E-state index in [0.717, 1.165) is 12.8 Å². The molecule has 142 valence electrons. The second-order valence-electron chi connectivity index (χ2n) is 6.47. The van der Waals surface area contributed by atoms with Crippen molar-refractivity contribution >= 4 is 21.7 Å². The van der Waals surface area contributed by atoms with Crippen LogP contribution in [0, 0.1) is 0 Å². The fourth-order valence-electron chi connectivity index (χ4n) is 3.17. The highest BCUT2D eigenvalue weighted by molar-refractivity contribution is 7.91. The molecule has 0 bridgehead atoms. The van der Waals surface area contributed by atoms with Gasteiger partial charge in [0.1, 0.15) is 5.25 Å². The molecule has 1 fully saturated rings. The van der Waals surface area contributed by atoms with Crippen LogP contribution in [0.15, 0.2) is 65.6 Å². The first-order valence-corrected chi connectivity index (χ1v) is 10.5. The molecule has 1 aliphatic rings. The van der Waals surface area contributed by atoms with Gasteiger partial charge in [0.15, 0.2) is 9.84 Å². The Labute approximate surface area is 159 Å². The van der Waals surface area contributed by atoms with E-state index in [0.29, 0.717) is 18.7 Å². The monoisotopic (exact) mass is 386 g/mol. The number of amides is 2. The Balaban J connectivity index is 1.81. The van der Waals surface area contributed by atoms with Gasteiger partial charge in [0.2, 0.25) is 0 Å². The molecule has 1 heterocycles. The van der Waals surface area contributed by atoms with Crippen LogP contribution in [0.2, 0.25) is 0 Å². The maximum atomic E-state index is 13.1. The number of nitrogens with zero attached hydrogens (tertiary/aromatic N) is 1. The third kappa shape index (κ3) is 4.36.